The molecule has 1 N–H and O–H groups in total. The minimum absolute atomic E-state index is 0. The van der Waals surface area contributed by atoms with Gasteiger partial charge < -0.3 is 5.11 Å². The molecule has 2 nitrogen and oxygen atoms in total. The number of hydrogen-bond acceptors (Lipinski definition) is 1. The van der Waals surface area contributed by atoms with E-state index in [4.69, 9.17) is 9.90 Å². The molecule has 2 aromatic rings. The van der Waals surface area contributed by atoms with Gasteiger partial charge in [-0.2, -0.15) is 35.9 Å². The molecule has 1 radical (unpaired) electrons. The third-order valence-corrected chi connectivity index (χ3v) is 2.73. The smallest absolute Gasteiger partial charge is 0.161 e. The Hall–Kier alpha value is -1.12. The van der Waals surface area contributed by atoms with Gasteiger partial charge in [-0.1, -0.05) is 24.3 Å². The first-order chi connectivity index (χ1) is 9.09. The Morgan fingerprint density at radius 2 is 1.70 bits per heavy atom. The van der Waals surface area contributed by atoms with Gasteiger partial charge >= 0.3 is 0 Å². The average molecular weight is 343 g/mol. The van der Waals surface area contributed by atoms with Gasteiger partial charge in [-0.15, -0.1) is 0 Å². The van der Waals surface area contributed by atoms with Crippen LogP contribution in [0.1, 0.15) is 16.7 Å². The van der Waals surface area contributed by atoms with Crippen LogP contribution in [0.3, 0.4) is 0 Å². The first-order valence-corrected chi connectivity index (χ1v) is 6.14. The summed E-state index contributed by atoms with van der Waals surface area (Å²) < 4.78 is 0. The zero-order chi connectivity index (χ0) is 14.1. The van der Waals surface area contributed by atoms with E-state index in [9.17, 15) is 0 Å². The molecule has 0 aliphatic rings. The van der Waals surface area contributed by atoms with Crippen LogP contribution in [0.25, 0.3) is 0 Å². The van der Waals surface area contributed by atoms with E-state index < -0.39 is 5.97 Å². The number of aryl methyl sites for hydroxylation is 3. The Kier molecular flexibility index (Phi) is 10.1. The van der Waals surface area contributed by atoms with Crippen molar-refractivity contribution in [2.45, 2.75) is 19.8 Å². The summed E-state index contributed by atoms with van der Waals surface area (Å²) in [7, 11) is 0. The largest absolute Gasteiger partial charge is 0.503 e. The molecule has 0 aliphatic heterocycles. The van der Waals surface area contributed by atoms with Crippen molar-refractivity contribution in [3.05, 3.63) is 78.2 Å². The predicted octanol–water partition coefficient (Wildman–Crippen LogP) is 3.48. The van der Waals surface area contributed by atoms with Crippen LogP contribution in [0.2, 0.25) is 0 Å². The standard InChI is InChI=1S/C15H15.C2H3O2.Y/c1-13-7-5-6-10-15(13)12-11-14-8-3-2-4-9-14;1-2(3)4;/h3-10H,11-12H2,1H3;1H2,(H,3,4);/q2*-1;. The summed E-state index contributed by atoms with van der Waals surface area (Å²) in [5, 5.41) is 7.31. The Balaban J connectivity index is 0.000000644. The third kappa shape index (κ3) is 8.13. The van der Waals surface area contributed by atoms with E-state index in [1.165, 1.54) is 16.7 Å². The molecule has 0 aliphatic carbocycles. The van der Waals surface area contributed by atoms with E-state index in [1.54, 1.807) is 0 Å². The molecule has 0 aromatic heterocycles. The van der Waals surface area contributed by atoms with Gasteiger partial charge in [-0.3, -0.25) is 11.7 Å². The minimum atomic E-state index is -1.08. The zero-order valence-electron chi connectivity index (χ0n) is 11.7. The monoisotopic (exact) mass is 343 g/mol. The van der Waals surface area contributed by atoms with Gasteiger partial charge in [0, 0.05) is 32.7 Å². The fraction of sp³-hybridized carbons (Fsp3) is 0.176. The second-order valence-electron chi connectivity index (χ2n) is 4.23. The molecule has 0 heterocycles. The second kappa shape index (κ2) is 10.6. The van der Waals surface area contributed by atoms with Crippen LogP contribution in [0, 0.1) is 19.9 Å². The molecule has 0 unspecified atom stereocenters. The number of benzene rings is 2. The molecular formula is C17H18O2Y-2. The maximum Gasteiger partial charge on any atom is 0.161 e. The summed E-state index contributed by atoms with van der Waals surface area (Å²) in [6, 6.07) is 19.9. The van der Waals surface area contributed by atoms with E-state index >= 15 is 0 Å². The van der Waals surface area contributed by atoms with Crippen LogP contribution in [0.15, 0.2) is 48.5 Å². The van der Waals surface area contributed by atoms with E-state index in [1.807, 2.05) is 12.1 Å². The molecule has 0 bridgehead atoms. The fourth-order valence-corrected chi connectivity index (χ4v) is 1.76. The Bertz CT molecular complexity index is 505. The molecule has 3 heteroatoms. The van der Waals surface area contributed by atoms with Gasteiger partial charge in [0.05, 0.1) is 0 Å². The van der Waals surface area contributed by atoms with Crippen molar-refractivity contribution in [1.29, 1.82) is 0 Å². The van der Waals surface area contributed by atoms with Gasteiger partial charge in [0.1, 0.15) is 0 Å². The molecular weight excluding hydrogens is 325 g/mol. The predicted molar refractivity (Wildman–Crippen MR) is 76.9 cm³/mol. The van der Waals surface area contributed by atoms with Crippen LogP contribution in [0.5, 0.6) is 0 Å². The van der Waals surface area contributed by atoms with Gasteiger partial charge in [-0.05, 0) is 30.9 Å². The van der Waals surface area contributed by atoms with Crippen LogP contribution in [-0.2, 0) is 50.3 Å². The molecule has 20 heavy (non-hydrogen) atoms. The van der Waals surface area contributed by atoms with E-state index in [0.29, 0.717) is 0 Å². The Labute approximate surface area is 146 Å². The maximum absolute atomic E-state index is 8.89. The van der Waals surface area contributed by atoms with Crippen molar-refractivity contribution in [3.63, 3.8) is 0 Å². The third-order valence-electron chi connectivity index (χ3n) is 2.73. The fourth-order valence-electron chi connectivity index (χ4n) is 1.76. The van der Waals surface area contributed by atoms with Crippen molar-refractivity contribution in [2.24, 2.45) is 0 Å². The zero-order valence-corrected chi connectivity index (χ0v) is 14.5. The minimum Gasteiger partial charge on any atom is -0.503 e. The second-order valence-corrected chi connectivity index (χ2v) is 4.23. The van der Waals surface area contributed by atoms with Crippen LogP contribution in [-0.4, -0.2) is 11.1 Å². The van der Waals surface area contributed by atoms with Crippen molar-refractivity contribution < 1.29 is 42.6 Å². The number of carboxylic acid groups (broad SMARTS) is 1. The summed E-state index contributed by atoms with van der Waals surface area (Å²) in [5.74, 6) is -1.08. The molecule has 0 spiro atoms. The van der Waals surface area contributed by atoms with Crippen molar-refractivity contribution >= 4 is 5.97 Å². The Morgan fingerprint density at radius 3 is 2.25 bits per heavy atom. The summed E-state index contributed by atoms with van der Waals surface area (Å²) in [5.41, 5.74) is 4.22. The van der Waals surface area contributed by atoms with Crippen LogP contribution in [0.4, 0.5) is 0 Å². The summed E-state index contributed by atoms with van der Waals surface area (Å²) in [6.45, 7) is 4.73. The first kappa shape index (κ1) is 18.9. The Morgan fingerprint density at radius 1 is 1.15 bits per heavy atom. The van der Waals surface area contributed by atoms with Crippen molar-refractivity contribution in [2.75, 3.05) is 0 Å². The van der Waals surface area contributed by atoms with E-state index in [2.05, 4.69) is 56.3 Å². The van der Waals surface area contributed by atoms with Gasteiger partial charge in [0.15, 0.2) is 5.97 Å². The molecule has 2 rings (SSSR count). The number of carbonyl (C=O) groups is 1. The van der Waals surface area contributed by atoms with Gasteiger partial charge in [0.2, 0.25) is 0 Å². The number of carboxylic acids is 1. The van der Waals surface area contributed by atoms with E-state index in [-0.39, 0.29) is 32.7 Å². The van der Waals surface area contributed by atoms with Crippen molar-refractivity contribution in [1.82, 2.24) is 0 Å². The quantitative estimate of drug-likeness (QED) is 0.867. The number of aliphatic carboxylic acids is 1. The first-order valence-electron chi connectivity index (χ1n) is 6.14. The summed E-state index contributed by atoms with van der Waals surface area (Å²) >= 11 is 0. The molecule has 2 aromatic carbocycles. The molecule has 0 amide bonds. The van der Waals surface area contributed by atoms with Crippen LogP contribution < -0.4 is 0 Å². The number of rotatable bonds is 3. The topological polar surface area (TPSA) is 37.3 Å². The maximum atomic E-state index is 8.89. The van der Waals surface area contributed by atoms with Gasteiger partial charge in [0.25, 0.3) is 0 Å². The van der Waals surface area contributed by atoms with Gasteiger partial charge in [-0.25, -0.2) is 0 Å². The molecule has 0 saturated heterocycles. The normalized spacial score (nSPS) is 8.85. The van der Waals surface area contributed by atoms with Crippen LogP contribution >= 0.6 is 0 Å². The molecule has 0 fully saturated rings. The number of hydrogen-bond donors (Lipinski definition) is 1. The summed E-state index contributed by atoms with van der Waals surface area (Å²) in [6.07, 6.45) is 2.23. The van der Waals surface area contributed by atoms with E-state index in [0.717, 1.165) is 12.8 Å². The SMILES string of the molecule is Cc1ccccc1CCc1cc[c-]cc1.[CH2-]C(=O)O.[Y]. The summed E-state index contributed by atoms with van der Waals surface area (Å²) in [4.78, 5) is 8.89. The molecule has 0 saturated carbocycles. The molecule has 103 valence electrons. The molecule has 0 atom stereocenters. The van der Waals surface area contributed by atoms with Crippen molar-refractivity contribution in [3.8, 4) is 0 Å². The average Bonchev–Trinajstić information content (AvgIpc) is 2.38.